The highest BCUT2D eigenvalue weighted by molar-refractivity contribution is 5.75. The van der Waals surface area contributed by atoms with Crippen molar-refractivity contribution < 1.29 is 18.0 Å². The molecule has 0 bridgehead atoms. The lowest BCUT2D eigenvalue weighted by Gasteiger charge is -2.07. The highest BCUT2D eigenvalue weighted by Crippen LogP contribution is 2.21. The van der Waals surface area contributed by atoms with Crippen LogP contribution in [0.3, 0.4) is 0 Å². The topological polar surface area (TPSA) is 85.8 Å². The van der Waals surface area contributed by atoms with Crippen molar-refractivity contribution in [3.8, 4) is 0 Å². The highest BCUT2D eigenvalue weighted by Gasteiger charge is 2.25. The molecule has 0 aromatic carbocycles. The second-order valence-corrected chi connectivity index (χ2v) is 4.03. The minimum absolute atomic E-state index is 0.00439. The SMILES string of the molecule is NCc1cn(CC(=O)NCCCCC(F)(F)F)nn1. The fourth-order valence-corrected chi connectivity index (χ4v) is 1.39. The first-order valence-corrected chi connectivity index (χ1v) is 5.83. The van der Waals surface area contributed by atoms with Crippen LogP contribution >= 0.6 is 0 Å². The van der Waals surface area contributed by atoms with Crippen molar-refractivity contribution in [2.45, 2.75) is 38.5 Å². The van der Waals surface area contributed by atoms with Gasteiger partial charge in [0.25, 0.3) is 0 Å². The summed E-state index contributed by atoms with van der Waals surface area (Å²) in [4.78, 5) is 11.4. The summed E-state index contributed by atoms with van der Waals surface area (Å²) in [6.45, 7) is 0.429. The molecule has 0 saturated heterocycles. The predicted molar refractivity (Wildman–Crippen MR) is 60.8 cm³/mol. The minimum Gasteiger partial charge on any atom is -0.354 e. The van der Waals surface area contributed by atoms with Crippen LogP contribution in [0.1, 0.15) is 25.0 Å². The van der Waals surface area contributed by atoms with Gasteiger partial charge in [0.05, 0.1) is 11.9 Å². The van der Waals surface area contributed by atoms with Crippen molar-refractivity contribution in [2.75, 3.05) is 6.54 Å². The molecular formula is C10H16F3N5O. The third-order valence-electron chi connectivity index (χ3n) is 2.31. The molecule has 108 valence electrons. The van der Waals surface area contributed by atoms with Crippen molar-refractivity contribution >= 4 is 5.91 Å². The van der Waals surface area contributed by atoms with Crippen LogP contribution in [0.15, 0.2) is 6.20 Å². The first-order valence-electron chi connectivity index (χ1n) is 5.83. The summed E-state index contributed by atoms with van der Waals surface area (Å²) in [5.41, 5.74) is 5.90. The molecule has 0 fully saturated rings. The van der Waals surface area contributed by atoms with E-state index in [9.17, 15) is 18.0 Å². The Kier molecular flexibility index (Phi) is 5.74. The van der Waals surface area contributed by atoms with E-state index in [0.29, 0.717) is 5.69 Å². The molecule has 19 heavy (non-hydrogen) atoms. The molecule has 1 aromatic rings. The fraction of sp³-hybridized carbons (Fsp3) is 0.700. The van der Waals surface area contributed by atoms with Crippen molar-refractivity contribution in [2.24, 2.45) is 5.73 Å². The van der Waals surface area contributed by atoms with E-state index in [-0.39, 0.29) is 38.4 Å². The number of nitrogens with two attached hydrogens (primary N) is 1. The van der Waals surface area contributed by atoms with Gasteiger partial charge in [0.2, 0.25) is 5.91 Å². The van der Waals surface area contributed by atoms with Crippen LogP contribution in [0.5, 0.6) is 0 Å². The molecule has 0 aliphatic heterocycles. The van der Waals surface area contributed by atoms with E-state index in [0.717, 1.165) is 0 Å². The number of rotatable bonds is 7. The monoisotopic (exact) mass is 279 g/mol. The maximum atomic E-state index is 11.8. The van der Waals surface area contributed by atoms with Crippen molar-refractivity contribution in [1.29, 1.82) is 0 Å². The summed E-state index contributed by atoms with van der Waals surface area (Å²) < 4.78 is 36.9. The quantitative estimate of drug-likeness (QED) is 0.715. The van der Waals surface area contributed by atoms with Gasteiger partial charge in [0.15, 0.2) is 0 Å². The van der Waals surface area contributed by atoms with Gasteiger partial charge < -0.3 is 11.1 Å². The summed E-state index contributed by atoms with van der Waals surface area (Å²) in [7, 11) is 0. The summed E-state index contributed by atoms with van der Waals surface area (Å²) in [5.74, 6) is -0.319. The molecule has 0 saturated carbocycles. The van der Waals surface area contributed by atoms with Crippen LogP contribution in [-0.2, 0) is 17.9 Å². The number of unbranched alkanes of at least 4 members (excludes halogenated alkanes) is 1. The Balaban J connectivity index is 2.14. The highest BCUT2D eigenvalue weighted by atomic mass is 19.4. The number of hydrogen-bond acceptors (Lipinski definition) is 4. The standard InChI is InChI=1S/C10H16F3N5O/c11-10(12,13)3-1-2-4-15-9(19)7-18-6-8(5-14)16-17-18/h6H,1-5,7,14H2,(H,15,19). The van der Waals surface area contributed by atoms with Crippen LogP contribution in [-0.4, -0.2) is 33.6 Å². The van der Waals surface area contributed by atoms with Gasteiger partial charge in [-0.1, -0.05) is 5.21 Å². The molecule has 1 heterocycles. The molecule has 0 spiro atoms. The smallest absolute Gasteiger partial charge is 0.354 e. The summed E-state index contributed by atoms with van der Waals surface area (Å²) in [5, 5.41) is 9.91. The molecule has 0 radical (unpaired) electrons. The van der Waals surface area contributed by atoms with Gasteiger partial charge in [-0.15, -0.1) is 5.10 Å². The maximum Gasteiger partial charge on any atom is 0.389 e. The van der Waals surface area contributed by atoms with Crippen molar-refractivity contribution in [3.63, 3.8) is 0 Å². The number of hydrogen-bond donors (Lipinski definition) is 2. The molecule has 1 aromatic heterocycles. The van der Waals surface area contributed by atoms with E-state index in [1.54, 1.807) is 6.20 Å². The Labute approximate surface area is 108 Å². The van der Waals surface area contributed by atoms with Crippen LogP contribution in [0, 0.1) is 0 Å². The molecule has 3 N–H and O–H groups in total. The number of carbonyl (C=O) groups is 1. The summed E-state index contributed by atoms with van der Waals surface area (Å²) in [6, 6.07) is 0. The minimum atomic E-state index is -4.14. The molecule has 0 aliphatic carbocycles. The zero-order chi connectivity index (χ0) is 14.3. The van der Waals surface area contributed by atoms with Gasteiger partial charge in [0, 0.05) is 19.5 Å². The second-order valence-electron chi connectivity index (χ2n) is 4.03. The lowest BCUT2D eigenvalue weighted by atomic mass is 10.2. The average Bonchev–Trinajstić information content (AvgIpc) is 2.74. The molecular weight excluding hydrogens is 263 g/mol. The maximum absolute atomic E-state index is 11.8. The number of amides is 1. The Morgan fingerprint density at radius 3 is 2.74 bits per heavy atom. The van der Waals surface area contributed by atoms with Gasteiger partial charge in [-0.05, 0) is 12.8 Å². The normalized spacial score (nSPS) is 11.6. The molecule has 1 rings (SSSR count). The number of halogens is 3. The lowest BCUT2D eigenvalue weighted by Crippen LogP contribution is -2.28. The average molecular weight is 279 g/mol. The fourth-order valence-electron chi connectivity index (χ4n) is 1.39. The lowest BCUT2D eigenvalue weighted by molar-refractivity contribution is -0.135. The molecule has 0 atom stereocenters. The van der Waals surface area contributed by atoms with E-state index in [1.165, 1.54) is 4.68 Å². The van der Waals surface area contributed by atoms with Crippen molar-refractivity contribution in [1.82, 2.24) is 20.3 Å². The van der Waals surface area contributed by atoms with E-state index in [1.807, 2.05) is 0 Å². The molecule has 6 nitrogen and oxygen atoms in total. The van der Waals surface area contributed by atoms with E-state index >= 15 is 0 Å². The van der Waals surface area contributed by atoms with E-state index < -0.39 is 12.6 Å². The number of aromatic nitrogens is 3. The van der Waals surface area contributed by atoms with E-state index in [4.69, 9.17) is 5.73 Å². The third kappa shape index (κ3) is 6.75. The number of alkyl halides is 3. The van der Waals surface area contributed by atoms with Gasteiger partial charge in [-0.2, -0.15) is 13.2 Å². The first-order chi connectivity index (χ1) is 8.90. The van der Waals surface area contributed by atoms with Gasteiger partial charge in [-0.25, -0.2) is 4.68 Å². The Hall–Kier alpha value is -1.64. The predicted octanol–water partition coefficient (Wildman–Crippen LogP) is 0.586. The zero-order valence-electron chi connectivity index (χ0n) is 10.3. The molecule has 0 unspecified atom stereocenters. The summed E-state index contributed by atoms with van der Waals surface area (Å²) in [6.07, 6.45) is -3.13. The van der Waals surface area contributed by atoms with Gasteiger partial charge >= 0.3 is 6.18 Å². The largest absolute Gasteiger partial charge is 0.389 e. The number of carbonyl (C=O) groups excluding carboxylic acids is 1. The van der Waals surface area contributed by atoms with Gasteiger partial charge in [-0.3, -0.25) is 4.79 Å². The Morgan fingerprint density at radius 1 is 1.42 bits per heavy atom. The third-order valence-corrected chi connectivity index (χ3v) is 2.31. The number of nitrogens with one attached hydrogen (secondary N) is 1. The second kappa shape index (κ2) is 7.07. The summed E-state index contributed by atoms with van der Waals surface area (Å²) >= 11 is 0. The zero-order valence-corrected chi connectivity index (χ0v) is 10.3. The van der Waals surface area contributed by atoms with Crippen LogP contribution in [0.4, 0.5) is 13.2 Å². The number of nitrogens with zero attached hydrogens (tertiary/aromatic N) is 3. The van der Waals surface area contributed by atoms with Crippen LogP contribution in [0.2, 0.25) is 0 Å². The molecule has 0 aliphatic rings. The van der Waals surface area contributed by atoms with Crippen molar-refractivity contribution in [3.05, 3.63) is 11.9 Å². The molecule has 1 amide bonds. The molecule has 9 heteroatoms. The van der Waals surface area contributed by atoms with E-state index in [2.05, 4.69) is 15.6 Å². The Morgan fingerprint density at radius 2 is 2.16 bits per heavy atom. The first kappa shape index (κ1) is 15.4. The van der Waals surface area contributed by atoms with Gasteiger partial charge in [0.1, 0.15) is 6.54 Å². The van der Waals surface area contributed by atoms with Crippen LogP contribution < -0.4 is 11.1 Å². The van der Waals surface area contributed by atoms with Crippen LogP contribution in [0.25, 0.3) is 0 Å². The Bertz CT molecular complexity index is 404.